The summed E-state index contributed by atoms with van der Waals surface area (Å²) in [5.74, 6) is -1.68. The minimum Gasteiger partial charge on any atom is -0.458 e. The maximum absolute atomic E-state index is 13.3. The van der Waals surface area contributed by atoms with Crippen LogP contribution in [0.1, 0.15) is 142 Å². The molecular formula is C50H54O8. The van der Waals surface area contributed by atoms with Crippen LogP contribution in [0, 0.1) is 0 Å². The second kappa shape index (κ2) is 23.3. The summed E-state index contributed by atoms with van der Waals surface area (Å²) in [7, 11) is 0. The summed E-state index contributed by atoms with van der Waals surface area (Å²) in [5, 5.41) is 0. The minimum atomic E-state index is -0.901. The molecule has 5 rings (SSSR count). The molecule has 5 aromatic rings. The van der Waals surface area contributed by atoms with Crippen LogP contribution in [0.15, 0.2) is 127 Å². The van der Waals surface area contributed by atoms with Crippen molar-refractivity contribution in [2.24, 2.45) is 0 Å². The van der Waals surface area contributed by atoms with Gasteiger partial charge < -0.3 is 18.9 Å². The summed E-state index contributed by atoms with van der Waals surface area (Å²) in [5.41, 5.74) is 4.37. The SMILES string of the molecule is CCCCCCCc1ccc(C(=O)Oc2ccc(C(=O)OCC(OC(=O)c3ccc(OC(=O)c4ccc(CCCCCCC)cc4)cc3)c3ccccc3)cc2)cc1. The minimum absolute atomic E-state index is 0.231. The summed E-state index contributed by atoms with van der Waals surface area (Å²) in [6.45, 7) is 4.16. The summed E-state index contributed by atoms with van der Waals surface area (Å²) < 4.78 is 22.5. The van der Waals surface area contributed by atoms with Gasteiger partial charge in [-0.25, -0.2) is 19.2 Å². The number of hydrogen-bond acceptors (Lipinski definition) is 8. The van der Waals surface area contributed by atoms with Crippen LogP contribution >= 0.6 is 0 Å². The lowest BCUT2D eigenvalue weighted by molar-refractivity contribution is -0.00134. The molecule has 0 amide bonds. The molecule has 0 bridgehead atoms. The van der Waals surface area contributed by atoms with Crippen molar-refractivity contribution in [1.29, 1.82) is 0 Å². The molecule has 1 atom stereocenters. The van der Waals surface area contributed by atoms with Crippen LogP contribution in [0.2, 0.25) is 0 Å². The second-order valence-electron chi connectivity index (χ2n) is 14.5. The first-order chi connectivity index (χ1) is 28.3. The van der Waals surface area contributed by atoms with Crippen LogP contribution in [0.3, 0.4) is 0 Å². The molecule has 0 aliphatic carbocycles. The van der Waals surface area contributed by atoms with Crippen molar-refractivity contribution in [3.8, 4) is 11.5 Å². The average molecular weight is 783 g/mol. The second-order valence-corrected chi connectivity index (χ2v) is 14.5. The fraction of sp³-hybridized carbons (Fsp3) is 0.320. The van der Waals surface area contributed by atoms with Crippen LogP contribution < -0.4 is 9.47 Å². The lowest BCUT2D eigenvalue weighted by atomic mass is 10.0. The highest BCUT2D eigenvalue weighted by molar-refractivity contribution is 5.93. The number of esters is 4. The number of unbranched alkanes of at least 4 members (excludes halogenated alkanes) is 8. The quantitative estimate of drug-likeness (QED) is 0.0388. The first-order valence-corrected chi connectivity index (χ1v) is 20.6. The van der Waals surface area contributed by atoms with Gasteiger partial charge in [-0.15, -0.1) is 0 Å². The van der Waals surface area contributed by atoms with Gasteiger partial charge in [-0.2, -0.15) is 0 Å². The third kappa shape index (κ3) is 13.9. The van der Waals surface area contributed by atoms with Crippen molar-refractivity contribution >= 4 is 23.9 Å². The third-order valence-electron chi connectivity index (χ3n) is 9.90. The van der Waals surface area contributed by atoms with Crippen molar-refractivity contribution in [1.82, 2.24) is 0 Å². The predicted octanol–water partition coefficient (Wildman–Crippen LogP) is 11.9. The van der Waals surface area contributed by atoms with Crippen LogP contribution in [-0.2, 0) is 22.3 Å². The Labute approximate surface area is 342 Å². The van der Waals surface area contributed by atoms with E-state index in [2.05, 4.69) is 13.8 Å². The Hall–Kier alpha value is -6.02. The van der Waals surface area contributed by atoms with E-state index in [0.717, 1.165) is 25.7 Å². The van der Waals surface area contributed by atoms with E-state index in [0.29, 0.717) is 16.7 Å². The van der Waals surface area contributed by atoms with Crippen LogP contribution in [-0.4, -0.2) is 30.5 Å². The first kappa shape index (κ1) is 43.1. The molecule has 0 heterocycles. The summed E-state index contributed by atoms with van der Waals surface area (Å²) in [4.78, 5) is 51.9. The average Bonchev–Trinajstić information content (AvgIpc) is 3.26. The predicted molar refractivity (Wildman–Crippen MR) is 225 cm³/mol. The van der Waals surface area contributed by atoms with E-state index >= 15 is 0 Å². The normalized spacial score (nSPS) is 11.3. The Kier molecular flexibility index (Phi) is 17.3. The molecule has 0 saturated heterocycles. The van der Waals surface area contributed by atoms with Gasteiger partial charge in [0.2, 0.25) is 0 Å². The fourth-order valence-corrected chi connectivity index (χ4v) is 6.43. The van der Waals surface area contributed by atoms with Gasteiger partial charge >= 0.3 is 23.9 Å². The van der Waals surface area contributed by atoms with E-state index in [1.54, 1.807) is 48.5 Å². The van der Waals surface area contributed by atoms with E-state index in [1.165, 1.54) is 111 Å². The largest absolute Gasteiger partial charge is 0.458 e. The number of carbonyl (C=O) groups excluding carboxylic acids is 4. The molecule has 0 aliphatic rings. The highest BCUT2D eigenvalue weighted by Gasteiger charge is 2.21. The zero-order valence-corrected chi connectivity index (χ0v) is 33.7. The standard InChI is InChI=1S/C50H54O8/c1-3-5-7-9-12-16-37-20-24-41(25-21-37)48(52)56-44-32-28-40(29-33-44)47(51)55-36-46(39-18-14-11-15-19-39)58-50(54)43-30-34-45(35-31-43)57-49(53)42-26-22-38(23-27-42)17-13-10-8-6-4-2/h11,14-15,18-35,46H,3-10,12-13,16-17,36H2,1-2H3. The maximum atomic E-state index is 13.3. The van der Waals surface area contributed by atoms with Gasteiger partial charge in [-0.3, -0.25) is 0 Å². The fourth-order valence-electron chi connectivity index (χ4n) is 6.43. The molecule has 5 aromatic carbocycles. The van der Waals surface area contributed by atoms with E-state index in [1.807, 2.05) is 30.3 Å². The molecule has 0 aromatic heterocycles. The molecule has 0 aliphatic heterocycles. The van der Waals surface area contributed by atoms with Gasteiger partial charge in [-0.05, 0) is 115 Å². The Morgan fingerprint density at radius 1 is 0.431 bits per heavy atom. The van der Waals surface area contributed by atoms with E-state index in [9.17, 15) is 19.2 Å². The van der Waals surface area contributed by atoms with E-state index in [-0.39, 0.29) is 29.2 Å². The van der Waals surface area contributed by atoms with Gasteiger partial charge in [0.25, 0.3) is 0 Å². The molecule has 0 N–H and O–H groups in total. The monoisotopic (exact) mass is 782 g/mol. The van der Waals surface area contributed by atoms with Crippen molar-refractivity contribution in [3.63, 3.8) is 0 Å². The summed E-state index contributed by atoms with van der Waals surface area (Å²) in [6, 6.07) is 36.1. The smallest absolute Gasteiger partial charge is 0.343 e. The van der Waals surface area contributed by atoms with E-state index in [4.69, 9.17) is 18.9 Å². The van der Waals surface area contributed by atoms with Crippen molar-refractivity contribution in [2.45, 2.75) is 97.0 Å². The van der Waals surface area contributed by atoms with Crippen molar-refractivity contribution < 1.29 is 38.1 Å². The first-order valence-electron chi connectivity index (χ1n) is 20.6. The molecular weight excluding hydrogens is 729 g/mol. The molecule has 302 valence electrons. The molecule has 0 fully saturated rings. The molecule has 0 spiro atoms. The molecule has 8 nitrogen and oxygen atoms in total. The van der Waals surface area contributed by atoms with E-state index < -0.39 is 30.0 Å². The molecule has 58 heavy (non-hydrogen) atoms. The Morgan fingerprint density at radius 3 is 1.28 bits per heavy atom. The Bertz CT molecular complexity index is 2020. The molecule has 0 saturated carbocycles. The number of ether oxygens (including phenoxy) is 4. The number of hydrogen-bond donors (Lipinski definition) is 0. The maximum Gasteiger partial charge on any atom is 0.343 e. The zero-order valence-electron chi connectivity index (χ0n) is 33.7. The number of aryl methyl sites for hydroxylation is 2. The Balaban J connectivity index is 1.10. The lowest BCUT2D eigenvalue weighted by Gasteiger charge is -2.18. The number of rotatable bonds is 22. The summed E-state index contributed by atoms with van der Waals surface area (Å²) in [6.07, 6.45) is 13.2. The topological polar surface area (TPSA) is 105 Å². The van der Waals surface area contributed by atoms with Gasteiger partial charge in [-0.1, -0.05) is 120 Å². The van der Waals surface area contributed by atoms with Gasteiger partial charge in [0, 0.05) is 0 Å². The summed E-state index contributed by atoms with van der Waals surface area (Å²) >= 11 is 0. The Morgan fingerprint density at radius 2 is 0.828 bits per heavy atom. The highest BCUT2D eigenvalue weighted by Crippen LogP contribution is 2.23. The van der Waals surface area contributed by atoms with Crippen LogP contribution in [0.4, 0.5) is 0 Å². The zero-order chi connectivity index (χ0) is 41.0. The van der Waals surface area contributed by atoms with Crippen molar-refractivity contribution in [3.05, 3.63) is 166 Å². The molecule has 0 radical (unpaired) electrons. The molecule has 1 unspecified atom stereocenters. The van der Waals surface area contributed by atoms with Gasteiger partial charge in [0.05, 0.1) is 22.3 Å². The van der Waals surface area contributed by atoms with Crippen molar-refractivity contribution in [2.75, 3.05) is 6.61 Å². The van der Waals surface area contributed by atoms with Gasteiger partial charge in [0.1, 0.15) is 18.1 Å². The highest BCUT2D eigenvalue weighted by atomic mass is 16.6. The third-order valence-corrected chi connectivity index (χ3v) is 9.90. The van der Waals surface area contributed by atoms with Crippen LogP contribution in [0.25, 0.3) is 0 Å². The van der Waals surface area contributed by atoms with Crippen LogP contribution in [0.5, 0.6) is 11.5 Å². The number of carbonyl (C=O) groups is 4. The molecule has 8 heteroatoms. The van der Waals surface area contributed by atoms with Gasteiger partial charge in [0.15, 0.2) is 6.10 Å². The number of benzene rings is 5. The lowest BCUT2D eigenvalue weighted by Crippen LogP contribution is -2.19.